The SMILES string of the molecule is CN1C=CCN(C)C1.CN1C=CCN(C)C1. The van der Waals surface area contributed by atoms with Crippen LogP contribution < -0.4 is 0 Å². The lowest BCUT2D eigenvalue weighted by atomic mass is 10.4. The van der Waals surface area contributed by atoms with E-state index in [4.69, 9.17) is 0 Å². The highest BCUT2D eigenvalue weighted by Crippen LogP contribution is 1.96. The van der Waals surface area contributed by atoms with Gasteiger partial charge in [-0.2, -0.15) is 0 Å². The molecule has 0 aromatic heterocycles. The van der Waals surface area contributed by atoms with Gasteiger partial charge in [0, 0.05) is 27.2 Å². The van der Waals surface area contributed by atoms with Crippen molar-refractivity contribution in [1.82, 2.24) is 19.6 Å². The zero-order valence-electron chi connectivity index (χ0n) is 10.9. The molecule has 4 heteroatoms. The molecule has 16 heavy (non-hydrogen) atoms. The molecule has 2 rings (SSSR count). The Morgan fingerprint density at radius 1 is 0.688 bits per heavy atom. The minimum atomic E-state index is 1.05. The molecule has 2 heterocycles. The van der Waals surface area contributed by atoms with Crippen molar-refractivity contribution in [1.29, 1.82) is 0 Å². The Balaban J connectivity index is 0.000000160. The van der Waals surface area contributed by atoms with Crippen molar-refractivity contribution in [3.05, 3.63) is 24.6 Å². The number of nitrogens with zero attached hydrogens (tertiary/aromatic N) is 4. The highest BCUT2D eigenvalue weighted by atomic mass is 15.3. The van der Waals surface area contributed by atoms with Crippen LogP contribution in [-0.2, 0) is 0 Å². The van der Waals surface area contributed by atoms with Crippen molar-refractivity contribution in [2.45, 2.75) is 0 Å². The average Bonchev–Trinajstić information content (AvgIpc) is 2.17. The molecule has 0 unspecified atom stereocenters. The van der Waals surface area contributed by atoms with Crippen molar-refractivity contribution in [2.75, 3.05) is 54.6 Å². The molecule has 0 bridgehead atoms. The molecule has 0 N–H and O–H groups in total. The topological polar surface area (TPSA) is 13.0 Å². The van der Waals surface area contributed by atoms with E-state index in [1.807, 2.05) is 0 Å². The molecule has 2 aliphatic rings. The number of rotatable bonds is 0. The van der Waals surface area contributed by atoms with Gasteiger partial charge in [-0.05, 0) is 26.5 Å². The van der Waals surface area contributed by atoms with Gasteiger partial charge < -0.3 is 9.80 Å². The normalized spacial score (nSPS) is 22.0. The zero-order chi connectivity index (χ0) is 12.0. The lowest BCUT2D eigenvalue weighted by Crippen LogP contribution is -2.33. The van der Waals surface area contributed by atoms with Crippen molar-refractivity contribution in [2.24, 2.45) is 0 Å². The van der Waals surface area contributed by atoms with Gasteiger partial charge in [-0.1, -0.05) is 12.2 Å². The first-order valence-electron chi connectivity index (χ1n) is 5.69. The van der Waals surface area contributed by atoms with E-state index < -0.39 is 0 Å². The van der Waals surface area contributed by atoms with Gasteiger partial charge >= 0.3 is 0 Å². The maximum absolute atomic E-state index is 2.25. The molecule has 0 atom stereocenters. The molecule has 0 aromatic rings. The van der Waals surface area contributed by atoms with E-state index in [2.05, 4.69) is 72.3 Å². The third kappa shape index (κ3) is 5.19. The fourth-order valence-corrected chi connectivity index (χ4v) is 1.79. The highest BCUT2D eigenvalue weighted by molar-refractivity contribution is 4.87. The van der Waals surface area contributed by atoms with Gasteiger partial charge in [0.05, 0.1) is 13.3 Å². The Morgan fingerprint density at radius 3 is 1.25 bits per heavy atom. The molecule has 0 saturated carbocycles. The second-order valence-corrected chi connectivity index (χ2v) is 4.64. The predicted molar refractivity (Wildman–Crippen MR) is 68.8 cm³/mol. The summed E-state index contributed by atoms with van der Waals surface area (Å²) >= 11 is 0. The largest absolute Gasteiger partial charge is 0.368 e. The molecule has 0 aromatic carbocycles. The number of likely N-dealkylation sites (N-methyl/N-ethyl adjacent to an activating group) is 2. The molecule has 0 fully saturated rings. The molecule has 0 aliphatic carbocycles. The Hall–Kier alpha value is -1.00. The molecule has 0 radical (unpaired) electrons. The lowest BCUT2D eigenvalue weighted by molar-refractivity contribution is 0.229. The molecule has 0 spiro atoms. The zero-order valence-corrected chi connectivity index (χ0v) is 10.9. The molecule has 4 nitrogen and oxygen atoms in total. The van der Waals surface area contributed by atoms with Gasteiger partial charge in [0.15, 0.2) is 0 Å². The number of hydrogen-bond acceptors (Lipinski definition) is 4. The van der Waals surface area contributed by atoms with Crippen molar-refractivity contribution in [3.63, 3.8) is 0 Å². The van der Waals surface area contributed by atoms with Crippen LogP contribution in [0.15, 0.2) is 24.6 Å². The van der Waals surface area contributed by atoms with Gasteiger partial charge in [0.1, 0.15) is 0 Å². The van der Waals surface area contributed by atoms with Crippen LogP contribution in [-0.4, -0.2) is 74.2 Å². The second-order valence-electron chi connectivity index (χ2n) is 4.64. The minimum Gasteiger partial charge on any atom is -0.368 e. The molecule has 92 valence electrons. The summed E-state index contributed by atoms with van der Waals surface area (Å²) in [6, 6.07) is 0. The molecule has 0 amide bonds. The van der Waals surface area contributed by atoms with Crippen LogP contribution in [0, 0.1) is 0 Å². The predicted octanol–water partition coefficient (Wildman–Crippen LogP) is 0.670. The number of hydrogen-bond donors (Lipinski definition) is 0. The average molecular weight is 224 g/mol. The molecule has 2 aliphatic heterocycles. The van der Waals surface area contributed by atoms with Crippen LogP contribution in [0.1, 0.15) is 0 Å². The molecular weight excluding hydrogens is 200 g/mol. The third-order valence-electron chi connectivity index (χ3n) is 2.48. The van der Waals surface area contributed by atoms with Crippen molar-refractivity contribution >= 4 is 0 Å². The van der Waals surface area contributed by atoms with E-state index >= 15 is 0 Å². The van der Waals surface area contributed by atoms with E-state index in [1.165, 1.54) is 0 Å². The summed E-state index contributed by atoms with van der Waals surface area (Å²) in [6.07, 6.45) is 8.53. The standard InChI is InChI=1S/2C6H12N2/c2*1-7-4-3-5-8(2)6-7/h2*3-4H,5-6H2,1-2H3. The van der Waals surface area contributed by atoms with Crippen LogP contribution in [0.4, 0.5) is 0 Å². The summed E-state index contributed by atoms with van der Waals surface area (Å²) in [5.74, 6) is 0. The van der Waals surface area contributed by atoms with E-state index in [9.17, 15) is 0 Å². The summed E-state index contributed by atoms with van der Waals surface area (Å²) in [5.41, 5.74) is 0. The second kappa shape index (κ2) is 6.55. The Morgan fingerprint density at radius 2 is 1.06 bits per heavy atom. The summed E-state index contributed by atoms with van der Waals surface area (Å²) in [6.45, 7) is 4.28. The summed E-state index contributed by atoms with van der Waals surface area (Å²) in [4.78, 5) is 8.81. The van der Waals surface area contributed by atoms with Gasteiger partial charge in [0.25, 0.3) is 0 Å². The van der Waals surface area contributed by atoms with Gasteiger partial charge in [-0.15, -0.1) is 0 Å². The van der Waals surface area contributed by atoms with Crippen LogP contribution in [0.3, 0.4) is 0 Å². The van der Waals surface area contributed by atoms with E-state index in [0.29, 0.717) is 0 Å². The van der Waals surface area contributed by atoms with Gasteiger partial charge in [-0.25, -0.2) is 0 Å². The van der Waals surface area contributed by atoms with Crippen molar-refractivity contribution in [3.8, 4) is 0 Å². The quantitative estimate of drug-likeness (QED) is 0.599. The fourth-order valence-electron chi connectivity index (χ4n) is 1.79. The monoisotopic (exact) mass is 224 g/mol. The lowest BCUT2D eigenvalue weighted by Gasteiger charge is -2.25. The summed E-state index contributed by atoms with van der Waals surface area (Å²) < 4.78 is 0. The van der Waals surface area contributed by atoms with Crippen LogP contribution in [0.2, 0.25) is 0 Å². The maximum Gasteiger partial charge on any atom is 0.0698 e. The third-order valence-corrected chi connectivity index (χ3v) is 2.48. The maximum atomic E-state index is 2.25. The van der Waals surface area contributed by atoms with E-state index in [-0.39, 0.29) is 0 Å². The first-order valence-corrected chi connectivity index (χ1v) is 5.69. The van der Waals surface area contributed by atoms with Gasteiger partial charge in [-0.3, -0.25) is 9.80 Å². The van der Waals surface area contributed by atoms with Crippen molar-refractivity contribution < 1.29 is 0 Å². The first kappa shape index (κ1) is 13.1. The summed E-state index contributed by atoms with van der Waals surface area (Å²) in [7, 11) is 8.37. The smallest absolute Gasteiger partial charge is 0.0698 e. The van der Waals surface area contributed by atoms with E-state index in [1.54, 1.807) is 0 Å². The van der Waals surface area contributed by atoms with Crippen LogP contribution in [0.25, 0.3) is 0 Å². The Labute approximate surface area is 99.4 Å². The van der Waals surface area contributed by atoms with Gasteiger partial charge in [0.2, 0.25) is 0 Å². The van der Waals surface area contributed by atoms with Crippen LogP contribution in [0.5, 0.6) is 0 Å². The van der Waals surface area contributed by atoms with E-state index in [0.717, 1.165) is 26.4 Å². The summed E-state index contributed by atoms with van der Waals surface area (Å²) in [5, 5.41) is 0. The minimum absolute atomic E-state index is 1.05. The molecular formula is C12H24N4. The molecule has 0 saturated heterocycles. The highest BCUT2D eigenvalue weighted by Gasteiger charge is 2.01. The van der Waals surface area contributed by atoms with Crippen LogP contribution >= 0.6 is 0 Å². The Kier molecular flexibility index (Phi) is 5.35. The first-order chi connectivity index (χ1) is 7.58. The fraction of sp³-hybridized carbons (Fsp3) is 0.667. The Bertz CT molecular complexity index is 223.